The third-order valence-electron chi connectivity index (χ3n) is 4.50. The molecule has 0 spiro atoms. The van der Waals surface area contributed by atoms with Crippen LogP contribution < -0.4 is 4.90 Å². The molecular formula is C19H22ClN5O2S. The lowest BCUT2D eigenvalue weighted by Gasteiger charge is -2.27. The Labute approximate surface area is 173 Å². The van der Waals surface area contributed by atoms with Crippen molar-refractivity contribution in [2.75, 3.05) is 44.3 Å². The van der Waals surface area contributed by atoms with Crippen LogP contribution in [0.3, 0.4) is 0 Å². The summed E-state index contributed by atoms with van der Waals surface area (Å²) in [7, 11) is 0. The van der Waals surface area contributed by atoms with Crippen molar-refractivity contribution in [3.63, 3.8) is 0 Å². The van der Waals surface area contributed by atoms with Gasteiger partial charge in [-0.25, -0.2) is 9.97 Å². The highest BCUT2D eigenvalue weighted by atomic mass is 35.5. The second kappa shape index (κ2) is 9.88. The van der Waals surface area contributed by atoms with Gasteiger partial charge in [0.05, 0.1) is 29.6 Å². The molecule has 0 N–H and O–H groups in total. The lowest BCUT2D eigenvalue weighted by Crippen LogP contribution is -2.39. The molecule has 148 valence electrons. The van der Waals surface area contributed by atoms with E-state index in [1.165, 1.54) is 23.7 Å². The van der Waals surface area contributed by atoms with Gasteiger partial charge in [0.2, 0.25) is 0 Å². The van der Waals surface area contributed by atoms with Gasteiger partial charge in [0.25, 0.3) is 5.91 Å². The summed E-state index contributed by atoms with van der Waals surface area (Å²) in [6, 6.07) is 7.93. The molecule has 1 saturated heterocycles. The summed E-state index contributed by atoms with van der Waals surface area (Å²) in [6.07, 6.45) is 5.47. The minimum absolute atomic E-state index is 0. The number of benzene rings is 1. The number of ether oxygens (including phenoxy) is 1. The summed E-state index contributed by atoms with van der Waals surface area (Å²) in [4.78, 5) is 30.0. The predicted molar refractivity (Wildman–Crippen MR) is 112 cm³/mol. The molecule has 0 saturated carbocycles. The zero-order valence-electron chi connectivity index (χ0n) is 15.4. The lowest BCUT2D eigenvalue weighted by molar-refractivity contribution is 0.0376. The van der Waals surface area contributed by atoms with Gasteiger partial charge < -0.3 is 4.74 Å². The number of fused-ring (bicyclic) bond motifs is 1. The maximum absolute atomic E-state index is 13.1. The number of morpholine rings is 1. The Morgan fingerprint density at radius 2 is 2.04 bits per heavy atom. The van der Waals surface area contributed by atoms with Gasteiger partial charge in [-0.2, -0.15) is 0 Å². The molecule has 1 amide bonds. The van der Waals surface area contributed by atoms with E-state index in [1.54, 1.807) is 11.1 Å². The Morgan fingerprint density at radius 1 is 1.21 bits per heavy atom. The van der Waals surface area contributed by atoms with E-state index in [0.717, 1.165) is 49.5 Å². The number of hydrogen-bond donors (Lipinski definition) is 0. The fourth-order valence-corrected chi connectivity index (χ4v) is 4.07. The minimum atomic E-state index is -0.163. The first-order valence-corrected chi connectivity index (χ1v) is 9.86. The molecule has 1 aliphatic heterocycles. The molecule has 0 aliphatic carbocycles. The molecule has 7 nitrogen and oxygen atoms in total. The first kappa shape index (κ1) is 20.6. The number of hydrogen-bond acceptors (Lipinski definition) is 7. The average molecular weight is 420 g/mol. The molecular weight excluding hydrogens is 398 g/mol. The Kier molecular flexibility index (Phi) is 7.27. The number of thiazole rings is 1. The van der Waals surface area contributed by atoms with Crippen molar-refractivity contribution in [1.82, 2.24) is 19.9 Å². The van der Waals surface area contributed by atoms with E-state index in [2.05, 4.69) is 19.9 Å². The number of nitrogens with zero attached hydrogens (tertiary/aromatic N) is 5. The third kappa shape index (κ3) is 4.82. The van der Waals surface area contributed by atoms with Crippen LogP contribution in [0.4, 0.5) is 5.13 Å². The Morgan fingerprint density at radius 3 is 2.79 bits per heavy atom. The number of rotatable bonds is 6. The number of carbonyl (C=O) groups is 1. The van der Waals surface area contributed by atoms with Crippen LogP contribution in [-0.4, -0.2) is 65.2 Å². The van der Waals surface area contributed by atoms with E-state index in [9.17, 15) is 4.79 Å². The second-order valence-corrected chi connectivity index (χ2v) is 7.33. The Balaban J connectivity index is 0.00000225. The quantitative estimate of drug-likeness (QED) is 0.611. The monoisotopic (exact) mass is 419 g/mol. The number of amides is 1. The zero-order valence-corrected chi connectivity index (χ0v) is 17.0. The molecule has 0 unspecified atom stereocenters. The van der Waals surface area contributed by atoms with Crippen LogP contribution in [0.1, 0.15) is 16.9 Å². The van der Waals surface area contributed by atoms with Crippen LogP contribution in [0.15, 0.2) is 42.9 Å². The summed E-state index contributed by atoms with van der Waals surface area (Å²) in [5.74, 6) is -0.163. The summed E-state index contributed by atoms with van der Waals surface area (Å²) in [5.41, 5.74) is 1.24. The molecule has 2 aromatic heterocycles. The normalized spacial score (nSPS) is 14.6. The van der Waals surface area contributed by atoms with Gasteiger partial charge in [-0.3, -0.25) is 19.6 Å². The number of anilines is 1. The highest BCUT2D eigenvalue weighted by molar-refractivity contribution is 7.22. The summed E-state index contributed by atoms with van der Waals surface area (Å²) in [5, 5.41) is 0.703. The summed E-state index contributed by atoms with van der Waals surface area (Å²) in [6.45, 7) is 4.96. The van der Waals surface area contributed by atoms with Gasteiger partial charge in [-0.05, 0) is 18.6 Å². The standard InChI is InChI=1S/C19H21N5O2S.ClH/c25-18(16-14-20-6-7-21-16)24(9-3-8-23-10-12-26-13-11-23)19-22-15-4-1-2-5-17(15)27-19;/h1-2,4-7,14H,3,8-13H2;1H. The number of carbonyl (C=O) groups excluding carboxylic acids is 1. The van der Waals surface area contributed by atoms with Crippen molar-refractivity contribution < 1.29 is 9.53 Å². The molecule has 9 heteroatoms. The van der Waals surface area contributed by atoms with Crippen molar-refractivity contribution in [3.05, 3.63) is 48.5 Å². The second-order valence-electron chi connectivity index (χ2n) is 6.32. The molecule has 0 bridgehead atoms. The molecule has 0 atom stereocenters. The highest BCUT2D eigenvalue weighted by Crippen LogP contribution is 2.29. The Bertz CT molecular complexity index is 868. The van der Waals surface area contributed by atoms with E-state index < -0.39 is 0 Å². The van der Waals surface area contributed by atoms with E-state index in [0.29, 0.717) is 17.4 Å². The Hall–Kier alpha value is -2.13. The molecule has 4 rings (SSSR count). The molecule has 28 heavy (non-hydrogen) atoms. The van der Waals surface area contributed by atoms with Crippen LogP contribution in [0, 0.1) is 0 Å². The largest absolute Gasteiger partial charge is 0.379 e. The SMILES string of the molecule is Cl.O=C(c1cnccn1)N(CCCN1CCOCC1)c1nc2ccccc2s1. The fraction of sp³-hybridized carbons (Fsp3) is 0.368. The van der Waals surface area contributed by atoms with Crippen LogP contribution in [0.2, 0.25) is 0 Å². The molecule has 1 aliphatic rings. The van der Waals surface area contributed by atoms with E-state index in [-0.39, 0.29) is 18.3 Å². The van der Waals surface area contributed by atoms with Crippen LogP contribution in [-0.2, 0) is 4.74 Å². The van der Waals surface area contributed by atoms with Gasteiger partial charge in [-0.1, -0.05) is 23.5 Å². The van der Waals surface area contributed by atoms with Crippen LogP contribution in [0.5, 0.6) is 0 Å². The van der Waals surface area contributed by atoms with Crippen LogP contribution in [0.25, 0.3) is 10.2 Å². The third-order valence-corrected chi connectivity index (χ3v) is 5.56. The molecule has 3 aromatic rings. The average Bonchev–Trinajstić information content (AvgIpc) is 3.16. The van der Waals surface area contributed by atoms with Crippen LogP contribution >= 0.6 is 23.7 Å². The lowest BCUT2D eigenvalue weighted by atomic mass is 10.3. The summed E-state index contributed by atoms with van der Waals surface area (Å²) < 4.78 is 6.46. The smallest absolute Gasteiger partial charge is 0.280 e. The van der Waals surface area contributed by atoms with Gasteiger partial charge in [-0.15, -0.1) is 12.4 Å². The molecule has 1 aromatic carbocycles. The van der Waals surface area contributed by atoms with Crippen molar-refractivity contribution in [3.8, 4) is 0 Å². The van der Waals surface area contributed by atoms with E-state index >= 15 is 0 Å². The fourth-order valence-electron chi connectivity index (χ4n) is 3.08. The molecule has 1 fully saturated rings. The maximum atomic E-state index is 13.1. The van der Waals surface area contributed by atoms with Crippen molar-refractivity contribution in [1.29, 1.82) is 0 Å². The maximum Gasteiger partial charge on any atom is 0.280 e. The minimum Gasteiger partial charge on any atom is -0.379 e. The van der Waals surface area contributed by atoms with Crippen molar-refractivity contribution >= 4 is 45.0 Å². The number of para-hydroxylation sites is 1. The van der Waals surface area contributed by atoms with Gasteiger partial charge in [0, 0.05) is 38.6 Å². The summed E-state index contributed by atoms with van der Waals surface area (Å²) >= 11 is 1.53. The van der Waals surface area contributed by atoms with E-state index in [4.69, 9.17) is 4.74 Å². The number of halogens is 1. The molecule has 0 radical (unpaired) electrons. The first-order chi connectivity index (χ1) is 13.3. The number of aromatic nitrogens is 3. The van der Waals surface area contributed by atoms with Crippen molar-refractivity contribution in [2.24, 2.45) is 0 Å². The van der Waals surface area contributed by atoms with Gasteiger partial charge in [0.15, 0.2) is 5.13 Å². The van der Waals surface area contributed by atoms with E-state index in [1.807, 2.05) is 24.3 Å². The van der Waals surface area contributed by atoms with Gasteiger partial charge in [0.1, 0.15) is 5.69 Å². The molecule has 3 heterocycles. The van der Waals surface area contributed by atoms with Gasteiger partial charge >= 0.3 is 0 Å². The first-order valence-electron chi connectivity index (χ1n) is 9.05. The predicted octanol–water partition coefficient (Wildman–Crippen LogP) is 2.88. The zero-order chi connectivity index (χ0) is 18.5. The van der Waals surface area contributed by atoms with Crippen molar-refractivity contribution in [2.45, 2.75) is 6.42 Å². The highest BCUT2D eigenvalue weighted by Gasteiger charge is 2.22. The topological polar surface area (TPSA) is 71.5 Å².